The van der Waals surface area contributed by atoms with Crippen LogP contribution in [-0.2, 0) is 28.4 Å². The Kier molecular flexibility index (Phi) is 7.58. The summed E-state index contributed by atoms with van der Waals surface area (Å²) in [6.45, 7) is 2.11. The summed E-state index contributed by atoms with van der Waals surface area (Å²) in [5.41, 5.74) is 0.335. The lowest BCUT2D eigenvalue weighted by atomic mass is 9.86. The molecule has 11 heteroatoms. The highest BCUT2D eigenvalue weighted by Crippen LogP contribution is 2.25. The topological polar surface area (TPSA) is 97.2 Å². The van der Waals surface area contributed by atoms with Gasteiger partial charge in [0.15, 0.2) is 11.0 Å². The molecule has 1 fully saturated rings. The van der Waals surface area contributed by atoms with E-state index in [0.717, 1.165) is 29.8 Å². The van der Waals surface area contributed by atoms with Gasteiger partial charge in [0.2, 0.25) is 15.9 Å². The Bertz CT molecular complexity index is 1010. The number of carbonyl (C=O) groups is 1. The van der Waals surface area contributed by atoms with E-state index in [4.69, 9.17) is 0 Å². The van der Waals surface area contributed by atoms with Crippen molar-refractivity contribution in [1.82, 2.24) is 20.1 Å². The van der Waals surface area contributed by atoms with Gasteiger partial charge in [0.1, 0.15) is 5.82 Å². The van der Waals surface area contributed by atoms with Gasteiger partial charge in [-0.2, -0.15) is 0 Å². The van der Waals surface area contributed by atoms with E-state index in [1.54, 1.807) is 11.6 Å². The Balaban J connectivity index is 1.64. The molecule has 0 bridgehead atoms. The number of sulfonamides is 1. The van der Waals surface area contributed by atoms with Gasteiger partial charge in [-0.3, -0.25) is 9.10 Å². The molecule has 0 spiro atoms. The first-order valence-corrected chi connectivity index (χ1v) is 13.0. The second-order valence-electron chi connectivity index (χ2n) is 7.93. The van der Waals surface area contributed by atoms with Crippen LogP contribution in [0.3, 0.4) is 0 Å². The SMILES string of the molecule is CC1CCCCC1NC(=O)CSc1nnc(CN(c2ccc(F)cc2)S(C)(=O)=O)n1C. The van der Waals surface area contributed by atoms with Crippen LogP contribution in [0.5, 0.6) is 0 Å². The van der Waals surface area contributed by atoms with Crippen molar-refractivity contribution in [3.63, 3.8) is 0 Å². The first kappa shape index (κ1) is 23.5. The smallest absolute Gasteiger partial charge is 0.232 e. The normalized spacial score (nSPS) is 19.2. The molecule has 0 aliphatic heterocycles. The summed E-state index contributed by atoms with van der Waals surface area (Å²) in [6.07, 6.45) is 5.58. The van der Waals surface area contributed by atoms with Crippen LogP contribution >= 0.6 is 11.8 Å². The van der Waals surface area contributed by atoms with E-state index in [9.17, 15) is 17.6 Å². The lowest BCUT2D eigenvalue weighted by Crippen LogP contribution is -2.41. The molecule has 8 nitrogen and oxygen atoms in total. The van der Waals surface area contributed by atoms with Crippen LogP contribution in [0.15, 0.2) is 29.4 Å². The van der Waals surface area contributed by atoms with Gasteiger partial charge in [0, 0.05) is 13.1 Å². The van der Waals surface area contributed by atoms with Gasteiger partial charge in [0.25, 0.3) is 0 Å². The minimum absolute atomic E-state index is 0.0441. The zero-order valence-electron chi connectivity index (χ0n) is 17.9. The molecule has 1 amide bonds. The van der Waals surface area contributed by atoms with E-state index in [2.05, 4.69) is 22.4 Å². The second-order valence-corrected chi connectivity index (χ2v) is 10.8. The summed E-state index contributed by atoms with van der Waals surface area (Å²) in [5.74, 6) is 0.618. The number of nitrogens with one attached hydrogen (secondary N) is 1. The zero-order valence-corrected chi connectivity index (χ0v) is 19.5. The number of rotatable bonds is 8. The average molecular weight is 470 g/mol. The van der Waals surface area contributed by atoms with Crippen LogP contribution in [0.4, 0.5) is 10.1 Å². The number of aromatic nitrogens is 3. The van der Waals surface area contributed by atoms with E-state index >= 15 is 0 Å². The van der Waals surface area contributed by atoms with Crippen LogP contribution < -0.4 is 9.62 Å². The fraction of sp³-hybridized carbons (Fsp3) is 0.550. The molecule has 1 saturated carbocycles. The quantitative estimate of drug-likeness (QED) is 0.597. The number of carbonyl (C=O) groups excluding carboxylic acids is 1. The number of benzene rings is 1. The number of hydrogen-bond donors (Lipinski definition) is 1. The van der Waals surface area contributed by atoms with Gasteiger partial charge in [-0.15, -0.1) is 10.2 Å². The maximum absolute atomic E-state index is 13.2. The standard InChI is InChI=1S/C20H28FN5O3S2/c1-14-6-4-5-7-17(14)22-19(27)13-30-20-24-23-18(25(20)2)12-26(31(3,28)29)16-10-8-15(21)9-11-16/h8-11,14,17H,4-7,12-13H2,1-3H3,(H,22,27). The summed E-state index contributed by atoms with van der Waals surface area (Å²) in [4.78, 5) is 12.4. The highest BCUT2D eigenvalue weighted by atomic mass is 32.2. The molecule has 1 N–H and O–H groups in total. The average Bonchev–Trinajstić information content (AvgIpc) is 3.06. The number of anilines is 1. The fourth-order valence-electron chi connectivity index (χ4n) is 3.65. The Morgan fingerprint density at radius 3 is 2.58 bits per heavy atom. The predicted octanol–water partition coefficient (Wildman–Crippen LogP) is 2.71. The van der Waals surface area contributed by atoms with Gasteiger partial charge < -0.3 is 9.88 Å². The number of thioether (sulfide) groups is 1. The van der Waals surface area contributed by atoms with Crippen molar-refractivity contribution < 1.29 is 17.6 Å². The van der Waals surface area contributed by atoms with Crippen LogP contribution in [0.2, 0.25) is 0 Å². The molecule has 1 aromatic heterocycles. The maximum Gasteiger partial charge on any atom is 0.232 e. The molecular formula is C20H28FN5O3S2. The molecule has 1 aliphatic rings. The van der Waals surface area contributed by atoms with Crippen LogP contribution in [0.1, 0.15) is 38.4 Å². The van der Waals surface area contributed by atoms with Crippen molar-refractivity contribution in [3.05, 3.63) is 35.9 Å². The van der Waals surface area contributed by atoms with Crippen molar-refractivity contribution in [2.75, 3.05) is 16.3 Å². The third kappa shape index (κ3) is 6.19. The highest BCUT2D eigenvalue weighted by Gasteiger charge is 2.24. The van der Waals surface area contributed by atoms with E-state index in [-0.39, 0.29) is 24.2 Å². The summed E-state index contributed by atoms with van der Waals surface area (Å²) >= 11 is 1.26. The molecule has 170 valence electrons. The predicted molar refractivity (Wildman–Crippen MR) is 119 cm³/mol. The minimum atomic E-state index is -3.63. The van der Waals surface area contributed by atoms with E-state index < -0.39 is 15.8 Å². The molecule has 2 atom stereocenters. The largest absolute Gasteiger partial charge is 0.352 e. The van der Waals surface area contributed by atoms with E-state index in [0.29, 0.717) is 22.6 Å². The van der Waals surface area contributed by atoms with Gasteiger partial charge in [0.05, 0.1) is 24.2 Å². The molecule has 1 aliphatic carbocycles. The Hall–Kier alpha value is -2.14. The number of amides is 1. The van der Waals surface area contributed by atoms with Crippen molar-refractivity contribution in [3.8, 4) is 0 Å². The first-order chi connectivity index (χ1) is 14.6. The van der Waals surface area contributed by atoms with Crippen LogP contribution in [-0.4, -0.2) is 47.1 Å². The molecule has 2 unspecified atom stereocenters. The maximum atomic E-state index is 13.2. The zero-order chi connectivity index (χ0) is 22.6. The molecule has 1 aromatic carbocycles. The first-order valence-electron chi connectivity index (χ1n) is 10.2. The number of hydrogen-bond acceptors (Lipinski definition) is 6. The Morgan fingerprint density at radius 2 is 1.94 bits per heavy atom. The fourth-order valence-corrected chi connectivity index (χ4v) is 5.25. The molecule has 3 rings (SSSR count). The monoisotopic (exact) mass is 469 g/mol. The third-order valence-corrected chi connectivity index (χ3v) is 7.68. The van der Waals surface area contributed by atoms with Gasteiger partial charge in [-0.25, -0.2) is 12.8 Å². The molecule has 0 radical (unpaired) electrons. The highest BCUT2D eigenvalue weighted by molar-refractivity contribution is 7.99. The van der Waals surface area contributed by atoms with Crippen molar-refractivity contribution >= 4 is 33.4 Å². The lowest BCUT2D eigenvalue weighted by Gasteiger charge is -2.29. The second kappa shape index (κ2) is 9.99. The van der Waals surface area contributed by atoms with Gasteiger partial charge in [-0.05, 0) is 43.0 Å². The van der Waals surface area contributed by atoms with Gasteiger partial charge >= 0.3 is 0 Å². The van der Waals surface area contributed by atoms with Crippen molar-refractivity contribution in [1.29, 1.82) is 0 Å². The lowest BCUT2D eigenvalue weighted by molar-refractivity contribution is -0.119. The van der Waals surface area contributed by atoms with Gasteiger partial charge in [-0.1, -0.05) is 31.5 Å². The summed E-state index contributed by atoms with van der Waals surface area (Å²) < 4.78 is 40.6. The van der Waals surface area contributed by atoms with Crippen molar-refractivity contribution in [2.24, 2.45) is 13.0 Å². The van der Waals surface area contributed by atoms with E-state index in [1.807, 2.05) is 0 Å². The Morgan fingerprint density at radius 1 is 1.26 bits per heavy atom. The Labute approximate surface area is 186 Å². The molecular weight excluding hydrogens is 441 g/mol. The van der Waals surface area contributed by atoms with Crippen molar-refractivity contribution in [2.45, 2.75) is 50.4 Å². The number of halogens is 1. The summed E-state index contributed by atoms with van der Waals surface area (Å²) in [5, 5.41) is 11.8. The third-order valence-electron chi connectivity index (χ3n) is 5.52. The molecule has 2 aromatic rings. The number of nitrogens with zero attached hydrogens (tertiary/aromatic N) is 4. The molecule has 1 heterocycles. The summed E-state index contributed by atoms with van der Waals surface area (Å²) in [7, 11) is -1.90. The minimum Gasteiger partial charge on any atom is -0.352 e. The van der Waals surface area contributed by atoms with Crippen LogP contribution in [0.25, 0.3) is 0 Å². The molecule has 31 heavy (non-hydrogen) atoms. The summed E-state index contributed by atoms with van der Waals surface area (Å²) in [6, 6.07) is 5.43. The molecule has 0 saturated heterocycles. The van der Waals surface area contributed by atoms with Crippen LogP contribution in [0, 0.1) is 11.7 Å². The van der Waals surface area contributed by atoms with E-state index in [1.165, 1.54) is 42.4 Å².